The number of nitrogens with one attached hydrogen (secondary N) is 1. The number of halogens is 2. The Kier molecular flexibility index (Phi) is 5.78. The van der Waals surface area contributed by atoms with Crippen LogP contribution in [-0.2, 0) is 11.2 Å². The Hall–Kier alpha value is -2.83. The Bertz CT molecular complexity index is 995. The third-order valence-corrected chi connectivity index (χ3v) is 4.58. The first kappa shape index (κ1) is 18.9. The van der Waals surface area contributed by atoms with Crippen molar-refractivity contribution in [1.82, 2.24) is 15.4 Å². The lowest BCUT2D eigenvalue weighted by atomic mass is 9.98. The SMILES string of the molecule is Cc1c(F)cccc1-c1cnc(-c2ccccc2Cl)nc1CCC(=O)NO. The first-order chi connectivity index (χ1) is 13.0. The van der Waals surface area contributed by atoms with Crippen LogP contribution >= 0.6 is 11.6 Å². The van der Waals surface area contributed by atoms with Crippen LogP contribution in [0.25, 0.3) is 22.5 Å². The Morgan fingerprint density at radius 1 is 1.15 bits per heavy atom. The van der Waals surface area contributed by atoms with E-state index in [1.807, 2.05) is 12.1 Å². The maximum Gasteiger partial charge on any atom is 0.243 e. The fraction of sp³-hybridized carbons (Fsp3) is 0.150. The van der Waals surface area contributed by atoms with Crippen molar-refractivity contribution in [3.8, 4) is 22.5 Å². The normalized spacial score (nSPS) is 10.7. The maximum atomic E-state index is 14.0. The van der Waals surface area contributed by atoms with Gasteiger partial charge in [0.2, 0.25) is 5.91 Å². The van der Waals surface area contributed by atoms with Crippen LogP contribution < -0.4 is 5.48 Å². The molecule has 0 aliphatic carbocycles. The highest BCUT2D eigenvalue weighted by Gasteiger charge is 2.16. The number of nitrogens with zero attached hydrogens (tertiary/aromatic N) is 2. The number of hydrogen-bond donors (Lipinski definition) is 2. The number of hydroxylamine groups is 1. The van der Waals surface area contributed by atoms with E-state index in [9.17, 15) is 9.18 Å². The number of aryl methyl sites for hydroxylation is 1. The number of carbonyl (C=O) groups is 1. The standard InChI is InChI=1S/C20H17ClFN3O2/c1-12-13(6-4-8-17(12)22)15-11-23-20(14-5-2-3-7-16(14)21)24-18(15)9-10-19(26)25-27/h2-8,11,27H,9-10H2,1H3,(H,25,26). The van der Waals surface area contributed by atoms with Crippen molar-refractivity contribution in [1.29, 1.82) is 0 Å². The van der Waals surface area contributed by atoms with Gasteiger partial charge in [-0.15, -0.1) is 0 Å². The highest BCUT2D eigenvalue weighted by molar-refractivity contribution is 6.33. The summed E-state index contributed by atoms with van der Waals surface area (Å²) in [7, 11) is 0. The number of carbonyl (C=O) groups excluding carboxylic acids is 1. The molecular formula is C20H17ClFN3O2. The molecule has 27 heavy (non-hydrogen) atoms. The van der Waals surface area contributed by atoms with Crippen LogP contribution in [0.1, 0.15) is 17.7 Å². The largest absolute Gasteiger partial charge is 0.289 e. The molecule has 0 spiro atoms. The number of benzene rings is 2. The Labute approximate surface area is 160 Å². The minimum absolute atomic E-state index is 0.0246. The van der Waals surface area contributed by atoms with Crippen molar-refractivity contribution in [2.75, 3.05) is 0 Å². The molecule has 0 unspecified atom stereocenters. The minimum Gasteiger partial charge on any atom is -0.289 e. The van der Waals surface area contributed by atoms with Gasteiger partial charge < -0.3 is 0 Å². The molecule has 0 aliphatic heterocycles. The van der Waals surface area contributed by atoms with Crippen molar-refractivity contribution >= 4 is 17.5 Å². The van der Waals surface area contributed by atoms with Crippen LogP contribution in [0.3, 0.4) is 0 Å². The zero-order valence-electron chi connectivity index (χ0n) is 14.5. The van der Waals surface area contributed by atoms with Gasteiger partial charge in [-0.05, 0) is 42.7 Å². The third kappa shape index (κ3) is 4.13. The molecule has 138 valence electrons. The molecule has 7 heteroatoms. The van der Waals surface area contributed by atoms with E-state index in [-0.39, 0.29) is 18.7 Å². The summed E-state index contributed by atoms with van der Waals surface area (Å²) in [5.41, 5.74) is 4.59. The molecule has 0 radical (unpaired) electrons. The molecule has 0 bridgehead atoms. The molecule has 1 aromatic heterocycles. The molecule has 3 aromatic rings. The minimum atomic E-state index is -0.533. The zero-order chi connectivity index (χ0) is 19.4. The summed E-state index contributed by atoms with van der Waals surface area (Å²) in [6.45, 7) is 1.68. The molecule has 5 nitrogen and oxygen atoms in total. The molecule has 2 aromatic carbocycles. The van der Waals surface area contributed by atoms with Gasteiger partial charge in [-0.2, -0.15) is 0 Å². The van der Waals surface area contributed by atoms with E-state index in [0.717, 1.165) is 0 Å². The van der Waals surface area contributed by atoms with Gasteiger partial charge in [-0.3, -0.25) is 10.0 Å². The lowest BCUT2D eigenvalue weighted by Crippen LogP contribution is -2.19. The molecule has 1 amide bonds. The van der Waals surface area contributed by atoms with Crippen LogP contribution in [0.2, 0.25) is 5.02 Å². The van der Waals surface area contributed by atoms with Crippen LogP contribution in [0.15, 0.2) is 48.7 Å². The van der Waals surface area contributed by atoms with Gasteiger partial charge in [0.15, 0.2) is 5.82 Å². The summed E-state index contributed by atoms with van der Waals surface area (Å²) in [4.78, 5) is 20.5. The van der Waals surface area contributed by atoms with E-state index in [2.05, 4.69) is 9.97 Å². The molecule has 0 saturated heterocycles. The number of hydrogen-bond acceptors (Lipinski definition) is 4. The van der Waals surface area contributed by atoms with E-state index in [1.165, 1.54) is 6.07 Å². The van der Waals surface area contributed by atoms with Crippen LogP contribution in [0, 0.1) is 12.7 Å². The highest BCUT2D eigenvalue weighted by Crippen LogP contribution is 2.31. The monoisotopic (exact) mass is 385 g/mol. The second kappa shape index (κ2) is 8.24. The second-order valence-electron chi connectivity index (χ2n) is 5.98. The molecule has 0 aliphatic rings. The molecule has 0 fully saturated rings. The number of aromatic nitrogens is 2. The Balaban J connectivity index is 2.11. The average Bonchev–Trinajstić information content (AvgIpc) is 2.68. The van der Waals surface area contributed by atoms with E-state index in [4.69, 9.17) is 16.8 Å². The van der Waals surface area contributed by atoms with Gasteiger partial charge in [-0.25, -0.2) is 19.8 Å². The summed E-state index contributed by atoms with van der Waals surface area (Å²) in [6, 6.07) is 12.0. The number of rotatable bonds is 5. The predicted octanol–water partition coefficient (Wildman–Crippen LogP) is 4.35. The topological polar surface area (TPSA) is 75.1 Å². The lowest BCUT2D eigenvalue weighted by Gasteiger charge is -2.13. The van der Waals surface area contributed by atoms with Gasteiger partial charge in [0, 0.05) is 23.7 Å². The molecule has 2 N–H and O–H groups in total. The second-order valence-corrected chi connectivity index (χ2v) is 6.39. The van der Waals surface area contributed by atoms with E-state index < -0.39 is 5.91 Å². The van der Waals surface area contributed by atoms with Gasteiger partial charge in [-0.1, -0.05) is 35.9 Å². The van der Waals surface area contributed by atoms with Crippen molar-refractivity contribution in [3.63, 3.8) is 0 Å². The average molecular weight is 386 g/mol. The first-order valence-corrected chi connectivity index (χ1v) is 8.68. The van der Waals surface area contributed by atoms with Crippen LogP contribution in [0.5, 0.6) is 0 Å². The Morgan fingerprint density at radius 2 is 1.89 bits per heavy atom. The van der Waals surface area contributed by atoms with E-state index >= 15 is 0 Å². The van der Waals surface area contributed by atoms with Crippen molar-refractivity contribution in [2.24, 2.45) is 0 Å². The molecular weight excluding hydrogens is 369 g/mol. The van der Waals surface area contributed by atoms with Crippen molar-refractivity contribution in [2.45, 2.75) is 19.8 Å². The fourth-order valence-corrected chi connectivity index (χ4v) is 3.01. The summed E-state index contributed by atoms with van der Waals surface area (Å²) in [6.07, 6.45) is 1.88. The fourth-order valence-electron chi connectivity index (χ4n) is 2.79. The van der Waals surface area contributed by atoms with Gasteiger partial charge in [0.25, 0.3) is 0 Å². The molecule has 3 rings (SSSR count). The van der Waals surface area contributed by atoms with Gasteiger partial charge >= 0.3 is 0 Å². The van der Waals surface area contributed by atoms with Gasteiger partial charge in [0.1, 0.15) is 5.82 Å². The Morgan fingerprint density at radius 3 is 2.63 bits per heavy atom. The lowest BCUT2D eigenvalue weighted by molar-refractivity contribution is -0.129. The summed E-state index contributed by atoms with van der Waals surface area (Å²) >= 11 is 6.24. The summed E-state index contributed by atoms with van der Waals surface area (Å²) in [5.74, 6) is -0.450. The first-order valence-electron chi connectivity index (χ1n) is 8.30. The van der Waals surface area contributed by atoms with Crippen molar-refractivity contribution in [3.05, 3.63) is 70.8 Å². The molecule has 0 saturated carbocycles. The summed E-state index contributed by atoms with van der Waals surface area (Å²) in [5, 5.41) is 9.26. The van der Waals surface area contributed by atoms with E-state index in [0.29, 0.717) is 38.8 Å². The quantitative estimate of drug-likeness (QED) is 0.505. The van der Waals surface area contributed by atoms with E-state index in [1.54, 1.807) is 42.9 Å². The number of amides is 1. The summed E-state index contributed by atoms with van der Waals surface area (Å²) < 4.78 is 14.0. The smallest absolute Gasteiger partial charge is 0.243 e. The van der Waals surface area contributed by atoms with Crippen LogP contribution in [-0.4, -0.2) is 21.1 Å². The van der Waals surface area contributed by atoms with Gasteiger partial charge in [0.05, 0.1) is 10.7 Å². The zero-order valence-corrected chi connectivity index (χ0v) is 15.3. The van der Waals surface area contributed by atoms with Crippen LogP contribution in [0.4, 0.5) is 4.39 Å². The highest BCUT2D eigenvalue weighted by atomic mass is 35.5. The van der Waals surface area contributed by atoms with Crippen molar-refractivity contribution < 1.29 is 14.4 Å². The molecule has 1 heterocycles. The third-order valence-electron chi connectivity index (χ3n) is 4.25. The molecule has 0 atom stereocenters. The maximum absolute atomic E-state index is 14.0. The predicted molar refractivity (Wildman–Crippen MR) is 101 cm³/mol.